The van der Waals surface area contributed by atoms with Crippen LogP contribution in [0.4, 0.5) is 5.82 Å². The van der Waals surface area contributed by atoms with Crippen LogP contribution in [-0.2, 0) is 6.54 Å². The number of hydrogen-bond donors (Lipinski definition) is 1. The maximum Gasteiger partial charge on any atom is 0.133 e. The number of aryl methyl sites for hydroxylation is 2. The Balaban J connectivity index is 3.08. The average molecular weight is 295 g/mol. The highest BCUT2D eigenvalue weighted by Crippen LogP contribution is 2.24. The van der Waals surface area contributed by atoms with Crippen molar-refractivity contribution >= 4 is 17.6 Å². The first-order valence-electron chi connectivity index (χ1n) is 7.29. The van der Waals surface area contributed by atoms with Crippen LogP contribution in [0.3, 0.4) is 0 Å². The molecule has 0 aliphatic rings. The van der Waals surface area contributed by atoms with Gasteiger partial charge in [0, 0.05) is 42.7 Å². The summed E-state index contributed by atoms with van der Waals surface area (Å²) in [4.78, 5) is 7.11. The third-order valence-electron chi connectivity index (χ3n) is 3.54. The summed E-state index contributed by atoms with van der Waals surface area (Å²) in [7, 11) is 2.15. The summed E-state index contributed by atoms with van der Waals surface area (Å²) < 4.78 is 0. The van der Waals surface area contributed by atoms with E-state index in [4.69, 9.17) is 4.98 Å². The number of anilines is 1. The van der Waals surface area contributed by atoms with Crippen molar-refractivity contribution in [3.63, 3.8) is 0 Å². The van der Waals surface area contributed by atoms with E-state index < -0.39 is 0 Å². The number of nitrogens with zero attached hydrogens (tertiary/aromatic N) is 2. The SMILES string of the molecule is CSCC(C)N(C)c1nc(C)cc(C)c1CNC(C)C. The Labute approximate surface area is 128 Å². The summed E-state index contributed by atoms with van der Waals surface area (Å²) in [5, 5.41) is 3.52. The zero-order valence-electron chi connectivity index (χ0n) is 13.9. The van der Waals surface area contributed by atoms with Crippen molar-refractivity contribution in [3.05, 3.63) is 22.9 Å². The fourth-order valence-electron chi connectivity index (χ4n) is 2.22. The molecule has 0 amide bonds. The number of aromatic nitrogens is 1. The third-order valence-corrected chi connectivity index (χ3v) is 4.36. The Morgan fingerprint density at radius 2 is 1.95 bits per heavy atom. The molecule has 0 aromatic carbocycles. The normalized spacial score (nSPS) is 12.8. The second-order valence-corrected chi connectivity index (χ2v) is 6.74. The number of pyridine rings is 1. The molecule has 1 aromatic rings. The van der Waals surface area contributed by atoms with Crippen molar-refractivity contribution in [2.24, 2.45) is 0 Å². The van der Waals surface area contributed by atoms with Crippen LogP contribution in [0, 0.1) is 13.8 Å². The van der Waals surface area contributed by atoms with Crippen LogP contribution < -0.4 is 10.2 Å². The lowest BCUT2D eigenvalue weighted by Gasteiger charge is -2.29. The summed E-state index contributed by atoms with van der Waals surface area (Å²) in [6, 6.07) is 3.14. The first-order chi connectivity index (χ1) is 9.36. The maximum atomic E-state index is 4.79. The highest BCUT2D eigenvalue weighted by molar-refractivity contribution is 7.98. The van der Waals surface area contributed by atoms with Gasteiger partial charge >= 0.3 is 0 Å². The van der Waals surface area contributed by atoms with Crippen LogP contribution in [0.25, 0.3) is 0 Å². The molecule has 1 aromatic heterocycles. The smallest absolute Gasteiger partial charge is 0.133 e. The summed E-state index contributed by atoms with van der Waals surface area (Å²) >= 11 is 1.88. The van der Waals surface area contributed by atoms with Gasteiger partial charge in [-0.15, -0.1) is 0 Å². The van der Waals surface area contributed by atoms with Gasteiger partial charge in [-0.3, -0.25) is 0 Å². The standard InChI is InChI=1S/C16H29N3S/c1-11(2)17-9-15-12(3)8-13(4)18-16(15)19(6)14(5)10-20-7/h8,11,14,17H,9-10H2,1-7H3. The molecule has 20 heavy (non-hydrogen) atoms. The average Bonchev–Trinajstić information content (AvgIpc) is 2.36. The Morgan fingerprint density at radius 1 is 1.30 bits per heavy atom. The van der Waals surface area contributed by atoms with Crippen molar-refractivity contribution in [2.45, 2.75) is 53.2 Å². The molecule has 0 spiro atoms. The van der Waals surface area contributed by atoms with E-state index in [1.165, 1.54) is 11.1 Å². The lowest BCUT2D eigenvalue weighted by atomic mass is 10.1. The summed E-state index contributed by atoms with van der Waals surface area (Å²) in [6.45, 7) is 11.7. The van der Waals surface area contributed by atoms with E-state index in [-0.39, 0.29) is 0 Å². The molecule has 0 aliphatic carbocycles. The van der Waals surface area contributed by atoms with Crippen LogP contribution in [0.5, 0.6) is 0 Å². The number of thioether (sulfide) groups is 1. The molecular formula is C16H29N3S. The van der Waals surface area contributed by atoms with Crippen LogP contribution in [-0.4, -0.2) is 36.1 Å². The van der Waals surface area contributed by atoms with Crippen LogP contribution in [0.15, 0.2) is 6.07 Å². The van der Waals surface area contributed by atoms with Gasteiger partial charge in [0.2, 0.25) is 0 Å². The van der Waals surface area contributed by atoms with Gasteiger partial charge in [-0.05, 0) is 38.7 Å². The quantitative estimate of drug-likeness (QED) is 0.834. The van der Waals surface area contributed by atoms with Crippen LogP contribution in [0.2, 0.25) is 0 Å². The van der Waals surface area contributed by atoms with Crippen molar-refractivity contribution < 1.29 is 0 Å². The van der Waals surface area contributed by atoms with Crippen LogP contribution >= 0.6 is 11.8 Å². The highest BCUT2D eigenvalue weighted by Gasteiger charge is 2.17. The van der Waals surface area contributed by atoms with Gasteiger partial charge in [0.25, 0.3) is 0 Å². The minimum atomic E-state index is 0.483. The number of rotatable bonds is 7. The van der Waals surface area contributed by atoms with Gasteiger partial charge in [-0.1, -0.05) is 13.8 Å². The van der Waals surface area contributed by atoms with Gasteiger partial charge in [-0.25, -0.2) is 4.98 Å². The van der Waals surface area contributed by atoms with Gasteiger partial charge in [0.15, 0.2) is 0 Å². The monoisotopic (exact) mass is 295 g/mol. The Bertz CT molecular complexity index is 432. The first kappa shape index (κ1) is 17.3. The van der Waals surface area contributed by atoms with Gasteiger partial charge in [0.05, 0.1) is 0 Å². The first-order valence-corrected chi connectivity index (χ1v) is 8.68. The van der Waals surface area contributed by atoms with E-state index >= 15 is 0 Å². The summed E-state index contributed by atoms with van der Waals surface area (Å²) in [5.41, 5.74) is 3.73. The van der Waals surface area contributed by atoms with Crippen molar-refractivity contribution in [2.75, 3.05) is 24.0 Å². The minimum Gasteiger partial charge on any atom is -0.356 e. The molecule has 0 saturated carbocycles. The largest absolute Gasteiger partial charge is 0.356 e. The summed E-state index contributed by atoms with van der Waals surface area (Å²) in [6.07, 6.45) is 2.15. The van der Waals surface area contributed by atoms with Gasteiger partial charge < -0.3 is 10.2 Å². The fourth-order valence-corrected chi connectivity index (χ4v) is 2.93. The molecule has 0 fully saturated rings. The zero-order chi connectivity index (χ0) is 15.3. The fraction of sp³-hybridized carbons (Fsp3) is 0.688. The molecule has 1 unspecified atom stereocenters. The molecule has 3 nitrogen and oxygen atoms in total. The topological polar surface area (TPSA) is 28.2 Å². The van der Waals surface area contributed by atoms with E-state index in [1.54, 1.807) is 0 Å². The molecule has 114 valence electrons. The van der Waals surface area contributed by atoms with Crippen molar-refractivity contribution in [1.29, 1.82) is 0 Å². The molecule has 1 atom stereocenters. The van der Waals surface area contributed by atoms with E-state index in [9.17, 15) is 0 Å². The molecule has 1 rings (SSSR count). The molecule has 1 N–H and O–H groups in total. The Kier molecular flexibility index (Phi) is 6.83. The Morgan fingerprint density at radius 3 is 2.50 bits per heavy atom. The van der Waals surface area contributed by atoms with Crippen molar-refractivity contribution in [1.82, 2.24) is 10.3 Å². The summed E-state index contributed by atoms with van der Waals surface area (Å²) in [5.74, 6) is 2.24. The number of hydrogen-bond acceptors (Lipinski definition) is 4. The Hall–Kier alpha value is -0.740. The molecule has 0 aliphatic heterocycles. The van der Waals surface area contributed by atoms with Gasteiger partial charge in [0.1, 0.15) is 5.82 Å². The lowest BCUT2D eigenvalue weighted by Crippen LogP contribution is -2.34. The molecule has 0 saturated heterocycles. The second kappa shape index (κ2) is 7.89. The predicted octanol–water partition coefficient (Wildman–Crippen LogP) is 3.38. The second-order valence-electron chi connectivity index (χ2n) is 5.83. The third kappa shape index (κ3) is 4.67. The molecule has 1 heterocycles. The van der Waals surface area contributed by atoms with Gasteiger partial charge in [-0.2, -0.15) is 11.8 Å². The van der Waals surface area contributed by atoms with E-state index in [2.05, 4.69) is 64.2 Å². The lowest BCUT2D eigenvalue weighted by molar-refractivity contribution is 0.584. The number of nitrogens with one attached hydrogen (secondary N) is 1. The molecule has 4 heteroatoms. The van der Waals surface area contributed by atoms with Crippen LogP contribution in [0.1, 0.15) is 37.6 Å². The minimum absolute atomic E-state index is 0.483. The maximum absolute atomic E-state index is 4.79. The van der Waals surface area contributed by atoms with E-state index in [0.717, 1.165) is 23.8 Å². The molecular weight excluding hydrogens is 266 g/mol. The molecule has 0 radical (unpaired) electrons. The van der Waals surface area contributed by atoms with E-state index in [0.29, 0.717) is 12.1 Å². The highest BCUT2D eigenvalue weighted by atomic mass is 32.2. The zero-order valence-corrected chi connectivity index (χ0v) is 14.8. The van der Waals surface area contributed by atoms with Crippen molar-refractivity contribution in [3.8, 4) is 0 Å². The van der Waals surface area contributed by atoms with E-state index in [1.807, 2.05) is 11.8 Å². The predicted molar refractivity (Wildman–Crippen MR) is 91.9 cm³/mol. The molecule has 0 bridgehead atoms.